The van der Waals surface area contributed by atoms with E-state index in [2.05, 4.69) is 0 Å². The van der Waals surface area contributed by atoms with Gasteiger partial charge in [-0.05, 0) is 45.4 Å². The smallest absolute Gasteiger partial charge is 0.330 e. The van der Waals surface area contributed by atoms with Crippen LogP contribution in [0.4, 0.5) is 0 Å². The number of esters is 1. The molecule has 0 fully saturated rings. The second-order valence-corrected chi connectivity index (χ2v) is 4.73. The predicted molar refractivity (Wildman–Crippen MR) is 88.1 cm³/mol. The minimum Gasteiger partial charge on any atom is -0.463 e. The van der Waals surface area contributed by atoms with E-state index in [1.807, 2.05) is 19.9 Å². The maximum Gasteiger partial charge on any atom is 0.330 e. The van der Waals surface area contributed by atoms with Crippen LogP contribution in [0.2, 0.25) is 0 Å². The quantitative estimate of drug-likeness (QED) is 0.301. The molecule has 0 aliphatic rings. The van der Waals surface area contributed by atoms with Gasteiger partial charge in [-0.25, -0.2) is 4.79 Å². The third-order valence-corrected chi connectivity index (χ3v) is 3.05. The molecule has 0 saturated carbocycles. The highest BCUT2D eigenvalue weighted by Gasteiger charge is 2.15. The lowest BCUT2D eigenvalue weighted by molar-refractivity contribution is -0.140. The van der Waals surface area contributed by atoms with Gasteiger partial charge in [0.25, 0.3) is 0 Å². The average molecular weight is 320 g/mol. The van der Waals surface area contributed by atoms with Gasteiger partial charge in [-0.3, -0.25) is 4.79 Å². The number of ether oxygens (including phenoxy) is 3. The Kier molecular flexibility index (Phi) is 8.22. The summed E-state index contributed by atoms with van der Waals surface area (Å²) in [6.07, 6.45) is 2.38. The zero-order valence-electron chi connectivity index (χ0n) is 14.1. The first-order chi connectivity index (χ1) is 11.0. The summed E-state index contributed by atoms with van der Waals surface area (Å²) in [4.78, 5) is 23.3. The average Bonchev–Trinajstić information content (AvgIpc) is 2.53. The molecule has 0 unspecified atom stereocenters. The largest absolute Gasteiger partial charge is 0.463 e. The van der Waals surface area contributed by atoms with Gasteiger partial charge >= 0.3 is 5.97 Å². The lowest BCUT2D eigenvalue weighted by Gasteiger charge is -2.18. The first-order valence-corrected chi connectivity index (χ1v) is 7.76. The van der Waals surface area contributed by atoms with Gasteiger partial charge in [0.15, 0.2) is 12.1 Å². The number of rotatable bonds is 9. The normalized spacial score (nSPS) is 11.2. The molecule has 0 aliphatic heterocycles. The van der Waals surface area contributed by atoms with Gasteiger partial charge in [0.1, 0.15) is 0 Å². The molecule has 0 N–H and O–H groups in total. The number of ketones is 1. The van der Waals surface area contributed by atoms with E-state index in [1.54, 1.807) is 25.1 Å². The van der Waals surface area contributed by atoms with Gasteiger partial charge in [-0.15, -0.1) is 0 Å². The van der Waals surface area contributed by atoms with Crippen LogP contribution >= 0.6 is 0 Å². The topological polar surface area (TPSA) is 61.8 Å². The highest BCUT2D eigenvalue weighted by molar-refractivity contribution is 5.99. The van der Waals surface area contributed by atoms with E-state index >= 15 is 0 Å². The molecule has 0 aliphatic carbocycles. The molecule has 5 heteroatoms. The van der Waals surface area contributed by atoms with E-state index in [0.717, 1.165) is 5.56 Å². The van der Waals surface area contributed by atoms with Crippen LogP contribution < -0.4 is 0 Å². The van der Waals surface area contributed by atoms with E-state index in [1.165, 1.54) is 13.0 Å². The van der Waals surface area contributed by atoms with E-state index in [-0.39, 0.29) is 5.78 Å². The Morgan fingerprint density at radius 3 is 2.26 bits per heavy atom. The molecule has 1 aromatic rings. The monoisotopic (exact) mass is 320 g/mol. The molecule has 0 aromatic heterocycles. The summed E-state index contributed by atoms with van der Waals surface area (Å²) >= 11 is 0. The molecule has 0 amide bonds. The minimum atomic E-state index is -0.508. The Hall–Kier alpha value is -1.98. The van der Waals surface area contributed by atoms with E-state index in [4.69, 9.17) is 14.2 Å². The van der Waals surface area contributed by atoms with Gasteiger partial charge in [-0.1, -0.05) is 12.1 Å². The Balaban J connectivity index is 3.10. The zero-order chi connectivity index (χ0) is 17.2. The van der Waals surface area contributed by atoms with Crippen LogP contribution in [0.3, 0.4) is 0 Å². The van der Waals surface area contributed by atoms with Gasteiger partial charge in [0, 0.05) is 30.4 Å². The van der Waals surface area contributed by atoms with Gasteiger partial charge in [0.2, 0.25) is 0 Å². The van der Waals surface area contributed by atoms with E-state index in [9.17, 15) is 9.59 Å². The number of benzene rings is 1. The SMILES string of the molecule is CCOC(=O)/C=C/c1ccc(C(OCC)OCC)cc1C(C)=O. The van der Waals surface area contributed by atoms with Gasteiger partial charge in [-0.2, -0.15) is 0 Å². The lowest BCUT2D eigenvalue weighted by atomic mass is 10.00. The molecule has 0 spiro atoms. The van der Waals surface area contributed by atoms with Crippen LogP contribution in [0.5, 0.6) is 0 Å². The van der Waals surface area contributed by atoms with Crippen molar-refractivity contribution in [2.45, 2.75) is 34.0 Å². The summed E-state index contributed by atoms with van der Waals surface area (Å²) in [6.45, 7) is 8.31. The highest BCUT2D eigenvalue weighted by atomic mass is 16.7. The summed E-state index contributed by atoms with van der Waals surface area (Å²) in [5.74, 6) is -0.533. The molecule has 1 aromatic carbocycles. The molecule has 23 heavy (non-hydrogen) atoms. The molecule has 5 nitrogen and oxygen atoms in total. The number of carbonyl (C=O) groups is 2. The molecular formula is C18H24O5. The van der Waals surface area contributed by atoms with Gasteiger partial charge < -0.3 is 14.2 Å². The summed E-state index contributed by atoms with van der Waals surface area (Å²) in [7, 11) is 0. The van der Waals surface area contributed by atoms with Crippen molar-refractivity contribution in [3.63, 3.8) is 0 Å². The van der Waals surface area contributed by atoms with Crippen LogP contribution in [-0.4, -0.2) is 31.6 Å². The molecule has 0 atom stereocenters. The van der Waals surface area contributed by atoms with Gasteiger partial charge in [0.05, 0.1) is 6.61 Å². The summed E-state index contributed by atoms with van der Waals surface area (Å²) in [5, 5.41) is 0. The number of Topliss-reactive ketones (excluding diaryl/α,β-unsaturated/α-hetero) is 1. The second-order valence-electron chi connectivity index (χ2n) is 4.73. The standard InChI is InChI=1S/C18H24O5/c1-5-21-17(20)11-10-14-8-9-15(12-16(14)13(4)19)18(22-6-2)23-7-3/h8-12,18H,5-7H2,1-4H3/b11-10+. The second kappa shape index (κ2) is 9.92. The van der Waals surface area contributed by atoms with Crippen molar-refractivity contribution >= 4 is 17.8 Å². The summed E-state index contributed by atoms with van der Waals surface area (Å²) in [5.41, 5.74) is 1.93. The Morgan fingerprint density at radius 1 is 1.09 bits per heavy atom. The molecular weight excluding hydrogens is 296 g/mol. The fourth-order valence-electron chi connectivity index (χ4n) is 2.06. The fraction of sp³-hybridized carbons (Fsp3) is 0.444. The Labute approximate surface area is 137 Å². The minimum absolute atomic E-state index is 0.0953. The molecule has 0 bridgehead atoms. The van der Waals surface area contributed by atoms with Crippen LogP contribution in [0, 0.1) is 0 Å². The molecule has 126 valence electrons. The van der Waals surface area contributed by atoms with E-state index < -0.39 is 12.3 Å². The number of carbonyl (C=O) groups excluding carboxylic acids is 2. The molecule has 0 saturated heterocycles. The van der Waals surface area contributed by atoms with Crippen molar-refractivity contribution < 1.29 is 23.8 Å². The maximum absolute atomic E-state index is 11.9. The first-order valence-electron chi connectivity index (χ1n) is 7.76. The van der Waals surface area contributed by atoms with Crippen molar-refractivity contribution in [3.8, 4) is 0 Å². The van der Waals surface area contributed by atoms with Crippen molar-refractivity contribution in [2.24, 2.45) is 0 Å². The van der Waals surface area contributed by atoms with Crippen LogP contribution in [0.1, 0.15) is 55.5 Å². The van der Waals surface area contributed by atoms with Crippen LogP contribution in [-0.2, 0) is 19.0 Å². The molecule has 0 heterocycles. The van der Waals surface area contributed by atoms with E-state index in [0.29, 0.717) is 30.9 Å². The van der Waals surface area contributed by atoms with Crippen LogP contribution in [0.25, 0.3) is 6.08 Å². The third kappa shape index (κ3) is 5.96. The molecule has 0 radical (unpaired) electrons. The summed E-state index contributed by atoms with van der Waals surface area (Å²) < 4.78 is 15.9. The Bertz CT molecular complexity index is 557. The predicted octanol–water partition coefficient (Wildman–Crippen LogP) is 3.54. The first kappa shape index (κ1) is 19.1. The van der Waals surface area contributed by atoms with Crippen molar-refractivity contribution in [3.05, 3.63) is 41.0 Å². The van der Waals surface area contributed by atoms with Crippen molar-refractivity contribution in [1.29, 1.82) is 0 Å². The zero-order valence-corrected chi connectivity index (χ0v) is 14.1. The van der Waals surface area contributed by atoms with Crippen molar-refractivity contribution in [1.82, 2.24) is 0 Å². The third-order valence-electron chi connectivity index (χ3n) is 3.05. The lowest BCUT2D eigenvalue weighted by Crippen LogP contribution is -2.10. The van der Waals surface area contributed by atoms with Crippen LogP contribution in [0.15, 0.2) is 24.3 Å². The Morgan fingerprint density at radius 2 is 1.74 bits per heavy atom. The molecule has 1 rings (SSSR count). The highest BCUT2D eigenvalue weighted by Crippen LogP contribution is 2.23. The van der Waals surface area contributed by atoms with Crippen molar-refractivity contribution in [2.75, 3.05) is 19.8 Å². The maximum atomic E-state index is 11.9. The fourth-order valence-corrected chi connectivity index (χ4v) is 2.06. The summed E-state index contributed by atoms with van der Waals surface area (Å²) in [6, 6.07) is 5.34. The number of hydrogen-bond donors (Lipinski definition) is 0. The number of hydrogen-bond acceptors (Lipinski definition) is 5.